The molecule has 0 aromatic heterocycles. The fourth-order valence-corrected chi connectivity index (χ4v) is 0.593. The quantitative estimate of drug-likeness (QED) is 0.193. The second kappa shape index (κ2) is 11.0. The van der Waals surface area contributed by atoms with Crippen molar-refractivity contribution in [1.82, 2.24) is 21.3 Å². The van der Waals surface area contributed by atoms with Gasteiger partial charge in [0.05, 0.1) is 0 Å². The minimum absolute atomic E-state index is 0.0975. The second-order valence-corrected chi connectivity index (χ2v) is 2.10. The molecule has 0 atom stereocenters. The molecule has 0 amide bonds. The first-order valence-corrected chi connectivity index (χ1v) is 3.83. The number of hydrogen-bond donors (Lipinski definition) is 4. The molecule has 4 N–H and O–H groups in total. The molecular weight excluding hydrogens is 176 g/mol. The predicted molar refractivity (Wildman–Crippen MR) is 48.5 cm³/mol. The van der Waals surface area contributed by atoms with Crippen molar-refractivity contribution < 1.29 is 0 Å². The van der Waals surface area contributed by atoms with Crippen LogP contribution in [0.4, 0.5) is 0 Å². The molecule has 0 saturated heterocycles. The molecule has 0 rings (SSSR count). The van der Waals surface area contributed by atoms with Crippen LogP contribution in [0.15, 0.2) is 10.4 Å². The lowest BCUT2D eigenvalue weighted by Crippen LogP contribution is -2.39. The topological polar surface area (TPSA) is 107 Å². The van der Waals surface area contributed by atoms with Crippen LogP contribution in [0.1, 0.15) is 0 Å². The van der Waals surface area contributed by atoms with Crippen LogP contribution < -0.4 is 21.3 Å². The molecule has 0 heterocycles. The van der Waals surface area contributed by atoms with E-state index in [4.69, 9.17) is 0 Å². The SMILES string of the molecule is O=NCNCNCNCNCN=O. The summed E-state index contributed by atoms with van der Waals surface area (Å²) in [5.41, 5.74) is 0. The Hall–Kier alpha value is -0.960. The molecule has 0 unspecified atom stereocenters. The third-order valence-electron chi connectivity index (χ3n) is 1.10. The second-order valence-electron chi connectivity index (χ2n) is 2.10. The summed E-state index contributed by atoms with van der Waals surface area (Å²) >= 11 is 0. The summed E-state index contributed by atoms with van der Waals surface area (Å²) in [7, 11) is 0. The molecule has 8 heteroatoms. The van der Waals surface area contributed by atoms with Gasteiger partial charge in [-0.05, 0) is 0 Å². The Bertz CT molecular complexity index is 118. The van der Waals surface area contributed by atoms with Crippen LogP contribution in [0, 0.1) is 9.81 Å². The van der Waals surface area contributed by atoms with Gasteiger partial charge in [-0.25, -0.2) is 0 Å². The van der Waals surface area contributed by atoms with Gasteiger partial charge in [0.1, 0.15) is 13.3 Å². The highest BCUT2D eigenvalue weighted by Gasteiger charge is 1.85. The van der Waals surface area contributed by atoms with E-state index in [1.165, 1.54) is 0 Å². The molecule has 13 heavy (non-hydrogen) atoms. The van der Waals surface area contributed by atoms with Crippen LogP contribution in [-0.2, 0) is 0 Å². The number of nitroso groups, excluding NO2 is 2. The van der Waals surface area contributed by atoms with E-state index in [-0.39, 0.29) is 13.3 Å². The van der Waals surface area contributed by atoms with Crippen molar-refractivity contribution in [3.8, 4) is 0 Å². The Morgan fingerprint density at radius 1 is 0.692 bits per heavy atom. The zero-order chi connectivity index (χ0) is 9.78. The van der Waals surface area contributed by atoms with Gasteiger partial charge in [-0.15, -0.1) is 9.81 Å². The van der Waals surface area contributed by atoms with E-state index in [1.807, 2.05) is 0 Å². The average molecular weight is 190 g/mol. The lowest BCUT2D eigenvalue weighted by atomic mass is 10.8. The number of hydrogen-bond acceptors (Lipinski definition) is 8. The third-order valence-corrected chi connectivity index (χ3v) is 1.10. The molecule has 8 nitrogen and oxygen atoms in total. The van der Waals surface area contributed by atoms with Crippen LogP contribution in [0.2, 0.25) is 0 Å². The zero-order valence-electron chi connectivity index (χ0n) is 7.25. The van der Waals surface area contributed by atoms with Gasteiger partial charge in [-0.3, -0.25) is 21.3 Å². The molecule has 0 radical (unpaired) electrons. The Kier molecular flexibility index (Phi) is 10.2. The van der Waals surface area contributed by atoms with Gasteiger partial charge < -0.3 is 0 Å². The molecule has 0 aromatic rings. The van der Waals surface area contributed by atoms with E-state index in [0.717, 1.165) is 0 Å². The van der Waals surface area contributed by atoms with Gasteiger partial charge in [0, 0.05) is 20.0 Å². The maximum absolute atomic E-state index is 9.61. The monoisotopic (exact) mass is 190 g/mol. The lowest BCUT2D eigenvalue weighted by molar-refractivity contribution is 0.512. The maximum Gasteiger partial charge on any atom is 0.132 e. The highest BCUT2D eigenvalue weighted by atomic mass is 16.3. The van der Waals surface area contributed by atoms with Gasteiger partial charge in [0.25, 0.3) is 0 Å². The summed E-state index contributed by atoms with van der Waals surface area (Å²) in [6.07, 6.45) is 0. The fourth-order valence-electron chi connectivity index (χ4n) is 0.593. The van der Waals surface area contributed by atoms with Crippen LogP contribution in [0.25, 0.3) is 0 Å². The maximum atomic E-state index is 9.61. The molecule has 0 fully saturated rings. The summed E-state index contributed by atoms with van der Waals surface area (Å²) in [6, 6.07) is 0. The summed E-state index contributed by atoms with van der Waals surface area (Å²) < 4.78 is 0. The van der Waals surface area contributed by atoms with Crippen LogP contribution in [0.3, 0.4) is 0 Å². The minimum atomic E-state index is 0.0975. The van der Waals surface area contributed by atoms with E-state index < -0.39 is 0 Å². The van der Waals surface area contributed by atoms with Crippen molar-refractivity contribution in [2.24, 2.45) is 10.4 Å². The van der Waals surface area contributed by atoms with Crippen molar-refractivity contribution in [3.05, 3.63) is 9.81 Å². The summed E-state index contributed by atoms with van der Waals surface area (Å²) in [5.74, 6) is 0. The fraction of sp³-hybridized carbons (Fsp3) is 1.00. The van der Waals surface area contributed by atoms with Crippen molar-refractivity contribution in [1.29, 1.82) is 0 Å². The highest BCUT2D eigenvalue weighted by Crippen LogP contribution is 1.58. The molecule has 0 aromatic carbocycles. The standard InChI is InChI=1S/C5H14N6O2/c12-10-4-8-2-6-1-7-3-9-5-11-13/h6-9H,1-5H2. The van der Waals surface area contributed by atoms with Crippen molar-refractivity contribution in [2.75, 3.05) is 33.3 Å². The normalized spacial score (nSPS) is 9.85. The Morgan fingerprint density at radius 2 is 1.08 bits per heavy atom. The third kappa shape index (κ3) is 11.0. The Balaban J connectivity index is 2.83. The zero-order valence-corrected chi connectivity index (χ0v) is 7.25. The van der Waals surface area contributed by atoms with Gasteiger partial charge in [-0.1, -0.05) is 10.4 Å². The molecule has 0 aliphatic carbocycles. The van der Waals surface area contributed by atoms with E-state index in [2.05, 4.69) is 31.6 Å². The first-order valence-electron chi connectivity index (χ1n) is 3.83. The van der Waals surface area contributed by atoms with Crippen LogP contribution >= 0.6 is 0 Å². The van der Waals surface area contributed by atoms with Crippen molar-refractivity contribution >= 4 is 0 Å². The largest absolute Gasteiger partial charge is 0.292 e. The predicted octanol–water partition coefficient (Wildman–Crippen LogP) is -1.33. The first kappa shape index (κ1) is 12.0. The summed E-state index contributed by atoms with van der Waals surface area (Å²) in [5, 5.41) is 16.5. The summed E-state index contributed by atoms with van der Waals surface area (Å²) in [6.45, 7) is 1.77. The van der Waals surface area contributed by atoms with E-state index in [0.29, 0.717) is 20.0 Å². The minimum Gasteiger partial charge on any atom is -0.292 e. The number of rotatable bonds is 10. The highest BCUT2D eigenvalue weighted by molar-refractivity contribution is 4.45. The molecule has 0 bridgehead atoms. The Labute approximate surface area is 75.8 Å². The van der Waals surface area contributed by atoms with Crippen molar-refractivity contribution in [2.45, 2.75) is 0 Å². The van der Waals surface area contributed by atoms with Crippen LogP contribution in [0.5, 0.6) is 0 Å². The van der Waals surface area contributed by atoms with Crippen LogP contribution in [-0.4, -0.2) is 33.3 Å². The first-order chi connectivity index (χ1) is 6.41. The van der Waals surface area contributed by atoms with Gasteiger partial charge >= 0.3 is 0 Å². The molecular formula is C5H14N6O2. The average Bonchev–Trinajstić information content (AvgIpc) is 2.16. The smallest absolute Gasteiger partial charge is 0.132 e. The van der Waals surface area contributed by atoms with E-state index in [1.54, 1.807) is 0 Å². The number of nitrogens with zero attached hydrogens (tertiary/aromatic N) is 2. The Morgan fingerprint density at radius 3 is 1.46 bits per heavy atom. The molecule has 76 valence electrons. The molecule has 0 aliphatic rings. The van der Waals surface area contributed by atoms with E-state index in [9.17, 15) is 9.81 Å². The van der Waals surface area contributed by atoms with Gasteiger partial charge in [0.2, 0.25) is 0 Å². The lowest BCUT2D eigenvalue weighted by Gasteiger charge is -2.05. The van der Waals surface area contributed by atoms with E-state index >= 15 is 0 Å². The summed E-state index contributed by atoms with van der Waals surface area (Å²) in [4.78, 5) is 19.2. The van der Waals surface area contributed by atoms with Gasteiger partial charge in [0.15, 0.2) is 0 Å². The molecule has 0 saturated carbocycles. The van der Waals surface area contributed by atoms with Gasteiger partial charge in [-0.2, -0.15) is 0 Å². The van der Waals surface area contributed by atoms with Crippen molar-refractivity contribution in [3.63, 3.8) is 0 Å². The molecule has 0 spiro atoms. The molecule has 0 aliphatic heterocycles. The number of nitrogens with one attached hydrogen (secondary N) is 4.